The number of ether oxygens (including phenoxy) is 1. The number of carbonyl (C=O) groups is 1. The molecule has 0 atom stereocenters. The monoisotopic (exact) mass is 199 g/mol. The van der Waals surface area contributed by atoms with Crippen LogP contribution in [0.15, 0.2) is 9.32 Å². The highest BCUT2D eigenvalue weighted by Gasteiger charge is 2.20. The number of aromatic nitrogens is 1. The van der Waals surface area contributed by atoms with E-state index in [1.165, 1.54) is 0 Å². The third kappa shape index (κ3) is 1.71. The molecule has 1 heterocycles. The molecule has 0 bridgehead atoms. The Labute approximate surface area is 81.2 Å². The molecule has 0 saturated heterocycles. The number of aryl methyl sites for hydroxylation is 1. The highest BCUT2D eigenvalue weighted by molar-refractivity contribution is 5.87. The molecule has 14 heavy (non-hydrogen) atoms. The summed E-state index contributed by atoms with van der Waals surface area (Å²) in [6, 6.07) is 0. The molecule has 1 aromatic rings. The maximum Gasteiger partial charge on any atom is 0.377 e. The maximum atomic E-state index is 11.4. The van der Waals surface area contributed by atoms with Gasteiger partial charge in [-0.2, -0.15) is 4.74 Å². The van der Waals surface area contributed by atoms with Gasteiger partial charge in [-0.3, -0.25) is 4.79 Å². The van der Waals surface area contributed by atoms with E-state index in [2.05, 4.69) is 0 Å². The van der Waals surface area contributed by atoms with E-state index in [0.29, 0.717) is 12.1 Å². The summed E-state index contributed by atoms with van der Waals surface area (Å²) in [6.45, 7) is 5.67. The van der Waals surface area contributed by atoms with Gasteiger partial charge in [-0.1, -0.05) is 0 Å². The van der Waals surface area contributed by atoms with Crippen LogP contribution in [0.4, 0.5) is 0 Å². The summed E-state index contributed by atoms with van der Waals surface area (Å²) in [4.78, 5) is 22.7. The molecule has 0 spiro atoms. The van der Waals surface area contributed by atoms with Crippen molar-refractivity contribution in [3.8, 4) is 0 Å². The van der Waals surface area contributed by atoms with E-state index in [4.69, 9.17) is 9.26 Å². The van der Waals surface area contributed by atoms with Gasteiger partial charge in [0.25, 0.3) is 5.56 Å². The van der Waals surface area contributed by atoms with Crippen molar-refractivity contribution in [2.24, 2.45) is 0 Å². The van der Waals surface area contributed by atoms with Crippen LogP contribution in [-0.4, -0.2) is 17.3 Å². The van der Waals surface area contributed by atoms with E-state index in [-0.39, 0.29) is 17.9 Å². The first-order chi connectivity index (χ1) is 6.61. The number of esters is 1. The quantitative estimate of drug-likeness (QED) is 0.680. The van der Waals surface area contributed by atoms with Crippen LogP contribution in [0.1, 0.15) is 30.0 Å². The fraction of sp³-hybridized carbons (Fsp3) is 0.556. The Kier molecular flexibility index (Phi) is 3.11. The first kappa shape index (κ1) is 10.6. The average molecular weight is 199 g/mol. The summed E-state index contributed by atoms with van der Waals surface area (Å²) in [7, 11) is 0. The minimum Gasteiger partial charge on any atom is -0.460 e. The molecule has 0 unspecified atom stereocenters. The van der Waals surface area contributed by atoms with Crippen LogP contribution in [0, 0.1) is 6.92 Å². The second-order valence-corrected chi connectivity index (χ2v) is 2.77. The number of rotatable bonds is 3. The molecule has 0 amide bonds. The van der Waals surface area contributed by atoms with Crippen molar-refractivity contribution in [2.45, 2.75) is 27.3 Å². The van der Waals surface area contributed by atoms with Crippen LogP contribution >= 0.6 is 0 Å². The Morgan fingerprint density at radius 3 is 2.57 bits per heavy atom. The maximum absolute atomic E-state index is 11.4. The highest BCUT2D eigenvalue weighted by Crippen LogP contribution is 2.05. The van der Waals surface area contributed by atoms with Gasteiger partial charge in [0.1, 0.15) is 0 Å². The Bertz CT molecular complexity index is 388. The van der Waals surface area contributed by atoms with Gasteiger partial charge in [-0.25, -0.2) is 4.79 Å². The minimum atomic E-state index is -0.589. The molecule has 0 aromatic carbocycles. The van der Waals surface area contributed by atoms with E-state index in [9.17, 15) is 9.59 Å². The van der Waals surface area contributed by atoms with E-state index < -0.39 is 5.97 Å². The topological polar surface area (TPSA) is 61.4 Å². The predicted octanol–water partition coefficient (Wildman–Crippen LogP) is 0.946. The normalized spacial score (nSPS) is 10.2. The standard InChI is InChI=1S/C9H13NO4/c1-4-10-8(11)6(3)7(14-10)9(12)13-5-2/h4-5H2,1-3H3. The summed E-state index contributed by atoms with van der Waals surface area (Å²) < 4.78 is 10.9. The van der Waals surface area contributed by atoms with Crippen molar-refractivity contribution in [3.05, 3.63) is 21.7 Å². The lowest BCUT2D eigenvalue weighted by Crippen LogP contribution is -2.14. The second kappa shape index (κ2) is 4.13. The van der Waals surface area contributed by atoms with Gasteiger partial charge >= 0.3 is 5.97 Å². The third-order valence-corrected chi connectivity index (χ3v) is 1.84. The molecule has 0 saturated carbocycles. The van der Waals surface area contributed by atoms with Crippen LogP contribution < -0.4 is 5.56 Å². The van der Waals surface area contributed by atoms with Gasteiger partial charge in [0.15, 0.2) is 0 Å². The molecule has 78 valence electrons. The van der Waals surface area contributed by atoms with Crippen LogP contribution in [0.2, 0.25) is 0 Å². The van der Waals surface area contributed by atoms with Gasteiger partial charge in [0, 0.05) is 0 Å². The molecule has 0 aliphatic heterocycles. The lowest BCUT2D eigenvalue weighted by atomic mass is 10.3. The van der Waals surface area contributed by atoms with E-state index >= 15 is 0 Å². The molecule has 0 N–H and O–H groups in total. The zero-order valence-electron chi connectivity index (χ0n) is 8.49. The molecule has 0 aliphatic rings. The van der Waals surface area contributed by atoms with Crippen LogP contribution in [0.5, 0.6) is 0 Å². The van der Waals surface area contributed by atoms with E-state index in [1.807, 2.05) is 0 Å². The lowest BCUT2D eigenvalue weighted by molar-refractivity contribution is 0.0462. The first-order valence-electron chi connectivity index (χ1n) is 4.49. The summed E-state index contributed by atoms with van der Waals surface area (Å²) in [6.07, 6.45) is 0. The summed E-state index contributed by atoms with van der Waals surface area (Å²) in [5.74, 6) is -0.590. The minimum absolute atomic E-state index is 0.00120. The average Bonchev–Trinajstić information content (AvgIpc) is 2.44. The predicted molar refractivity (Wildman–Crippen MR) is 49.3 cm³/mol. The molecule has 1 rings (SSSR count). The van der Waals surface area contributed by atoms with E-state index in [1.54, 1.807) is 20.8 Å². The van der Waals surface area contributed by atoms with Crippen molar-refractivity contribution >= 4 is 5.97 Å². The van der Waals surface area contributed by atoms with Crippen molar-refractivity contribution in [2.75, 3.05) is 6.61 Å². The zero-order valence-corrected chi connectivity index (χ0v) is 8.49. The van der Waals surface area contributed by atoms with E-state index in [0.717, 1.165) is 4.74 Å². The fourth-order valence-corrected chi connectivity index (χ4v) is 1.10. The molecule has 0 aliphatic carbocycles. The molecular weight excluding hydrogens is 186 g/mol. The molecular formula is C9H13NO4. The van der Waals surface area contributed by atoms with Gasteiger partial charge in [-0.15, -0.1) is 0 Å². The first-order valence-corrected chi connectivity index (χ1v) is 4.49. The number of carbonyl (C=O) groups excluding carboxylic acids is 1. The van der Waals surface area contributed by atoms with Crippen molar-refractivity contribution in [1.29, 1.82) is 0 Å². The summed E-state index contributed by atoms with van der Waals surface area (Å²) in [5.41, 5.74) is 0.0147. The Balaban J connectivity index is 3.10. The highest BCUT2D eigenvalue weighted by atomic mass is 16.6. The fourth-order valence-electron chi connectivity index (χ4n) is 1.10. The molecule has 0 fully saturated rings. The summed E-state index contributed by atoms with van der Waals surface area (Å²) in [5, 5.41) is 0. The van der Waals surface area contributed by atoms with Gasteiger partial charge in [0.2, 0.25) is 5.76 Å². The van der Waals surface area contributed by atoms with Gasteiger partial charge < -0.3 is 9.26 Å². The smallest absolute Gasteiger partial charge is 0.377 e. The summed E-state index contributed by atoms with van der Waals surface area (Å²) >= 11 is 0. The SMILES string of the molecule is CCOC(=O)c1on(CC)c(=O)c1C. The van der Waals surface area contributed by atoms with Crippen LogP contribution in [-0.2, 0) is 11.3 Å². The van der Waals surface area contributed by atoms with Crippen molar-refractivity contribution in [1.82, 2.24) is 4.74 Å². The van der Waals surface area contributed by atoms with Gasteiger partial charge in [-0.05, 0) is 20.8 Å². The molecule has 5 nitrogen and oxygen atoms in total. The Morgan fingerprint density at radius 1 is 1.50 bits per heavy atom. The largest absolute Gasteiger partial charge is 0.460 e. The molecule has 1 aromatic heterocycles. The number of hydrogen-bond donors (Lipinski definition) is 0. The number of nitrogens with zero attached hydrogens (tertiary/aromatic N) is 1. The lowest BCUT2D eigenvalue weighted by Gasteiger charge is -1.97. The zero-order chi connectivity index (χ0) is 10.7. The van der Waals surface area contributed by atoms with Crippen LogP contribution in [0.3, 0.4) is 0 Å². The van der Waals surface area contributed by atoms with Crippen LogP contribution in [0.25, 0.3) is 0 Å². The van der Waals surface area contributed by atoms with Crippen molar-refractivity contribution in [3.63, 3.8) is 0 Å². The number of hydrogen-bond acceptors (Lipinski definition) is 4. The Hall–Kier alpha value is -1.52. The Morgan fingerprint density at radius 2 is 2.14 bits per heavy atom. The third-order valence-electron chi connectivity index (χ3n) is 1.84. The van der Waals surface area contributed by atoms with Gasteiger partial charge in [0.05, 0.1) is 18.7 Å². The molecule has 5 heteroatoms. The second-order valence-electron chi connectivity index (χ2n) is 2.77. The molecule has 0 radical (unpaired) electrons. The van der Waals surface area contributed by atoms with Crippen molar-refractivity contribution < 1.29 is 14.1 Å².